The second-order valence-corrected chi connectivity index (χ2v) is 6.48. The molecule has 0 amide bonds. The van der Waals surface area contributed by atoms with Gasteiger partial charge in [-0.2, -0.15) is 0 Å². The fourth-order valence-corrected chi connectivity index (χ4v) is 3.45. The lowest BCUT2D eigenvalue weighted by Gasteiger charge is -1.98. The van der Waals surface area contributed by atoms with Gasteiger partial charge in [0, 0.05) is 31.8 Å². The quantitative estimate of drug-likeness (QED) is 0.533. The van der Waals surface area contributed by atoms with Crippen LogP contribution in [0.15, 0.2) is 34.9 Å². The van der Waals surface area contributed by atoms with Gasteiger partial charge in [0.2, 0.25) is 5.13 Å². The summed E-state index contributed by atoms with van der Waals surface area (Å²) in [5, 5.41) is 12.3. The van der Waals surface area contributed by atoms with Crippen molar-refractivity contribution in [2.45, 2.75) is 10.1 Å². The molecule has 0 bridgehead atoms. The van der Waals surface area contributed by atoms with Crippen molar-refractivity contribution in [1.82, 2.24) is 19.6 Å². The maximum atomic E-state index is 4.98. The van der Waals surface area contributed by atoms with Crippen molar-refractivity contribution in [3.05, 3.63) is 36.3 Å². The zero-order chi connectivity index (χ0) is 14.5. The Balaban J connectivity index is 1.57. The number of hydrogen-bond donors (Lipinski definition) is 1. The minimum absolute atomic E-state index is 0.656. The van der Waals surface area contributed by atoms with Crippen LogP contribution in [0, 0.1) is 0 Å². The first-order valence-electron chi connectivity index (χ1n) is 6.47. The molecule has 0 aliphatic carbocycles. The Morgan fingerprint density at radius 3 is 3.19 bits per heavy atom. The van der Waals surface area contributed by atoms with Crippen molar-refractivity contribution in [1.29, 1.82) is 0 Å². The van der Waals surface area contributed by atoms with E-state index in [1.165, 1.54) is 0 Å². The van der Waals surface area contributed by atoms with Gasteiger partial charge in [0.05, 0.1) is 12.3 Å². The molecule has 3 aromatic rings. The number of thioether (sulfide) groups is 1. The fourth-order valence-electron chi connectivity index (χ4n) is 1.79. The second kappa shape index (κ2) is 6.88. The van der Waals surface area contributed by atoms with Gasteiger partial charge < -0.3 is 14.5 Å². The summed E-state index contributed by atoms with van der Waals surface area (Å²) in [6.07, 6.45) is 4.04. The third-order valence-electron chi connectivity index (χ3n) is 2.75. The van der Waals surface area contributed by atoms with Crippen molar-refractivity contribution in [2.24, 2.45) is 0 Å². The van der Waals surface area contributed by atoms with Crippen LogP contribution >= 0.6 is 23.1 Å². The van der Waals surface area contributed by atoms with Crippen molar-refractivity contribution in [2.75, 3.05) is 25.6 Å². The summed E-state index contributed by atoms with van der Waals surface area (Å²) in [7, 11) is 1.68. The van der Waals surface area contributed by atoms with E-state index in [4.69, 9.17) is 4.74 Å². The average Bonchev–Trinajstić information content (AvgIpc) is 3.11. The lowest BCUT2D eigenvalue weighted by molar-refractivity contribution is 0.211. The molecule has 3 aromatic heterocycles. The molecule has 0 radical (unpaired) electrons. The maximum absolute atomic E-state index is 4.98. The Hall–Kier alpha value is -1.64. The van der Waals surface area contributed by atoms with E-state index in [0.717, 1.165) is 33.1 Å². The zero-order valence-electron chi connectivity index (χ0n) is 11.5. The van der Waals surface area contributed by atoms with Gasteiger partial charge in [-0.05, 0) is 12.1 Å². The Labute approximate surface area is 130 Å². The van der Waals surface area contributed by atoms with E-state index < -0.39 is 0 Å². The number of ether oxygens (including phenoxy) is 1. The summed E-state index contributed by atoms with van der Waals surface area (Å²) < 4.78 is 7.94. The number of nitrogens with one attached hydrogen (secondary N) is 1. The number of anilines is 1. The number of imidazole rings is 1. The Morgan fingerprint density at radius 1 is 1.38 bits per heavy atom. The summed E-state index contributed by atoms with van der Waals surface area (Å²) in [6, 6.07) is 5.98. The lowest BCUT2D eigenvalue weighted by Crippen LogP contribution is -2.06. The third-order valence-corrected chi connectivity index (χ3v) is 4.79. The molecule has 0 aromatic carbocycles. The molecule has 1 N–H and O–H groups in total. The highest BCUT2D eigenvalue weighted by Gasteiger charge is 2.07. The van der Waals surface area contributed by atoms with E-state index in [1.54, 1.807) is 30.2 Å². The van der Waals surface area contributed by atoms with Gasteiger partial charge in [-0.3, -0.25) is 0 Å². The van der Waals surface area contributed by atoms with Gasteiger partial charge in [-0.15, -0.1) is 10.2 Å². The molecule has 3 heterocycles. The first kappa shape index (κ1) is 14.3. The summed E-state index contributed by atoms with van der Waals surface area (Å²) in [4.78, 5) is 4.56. The van der Waals surface area contributed by atoms with Crippen molar-refractivity contribution in [3.63, 3.8) is 0 Å². The molecule has 0 saturated carbocycles. The summed E-state index contributed by atoms with van der Waals surface area (Å²) in [6.45, 7) is 1.39. The first-order valence-corrected chi connectivity index (χ1v) is 8.27. The molecule has 8 heteroatoms. The van der Waals surface area contributed by atoms with Crippen LogP contribution in [0.4, 0.5) is 5.13 Å². The third kappa shape index (κ3) is 3.72. The standard InChI is InChI=1S/C13H15N5OS2/c1-19-7-5-14-12-16-17-13(21-12)20-9-10-8-18-6-3-2-4-11(18)15-10/h2-4,6,8H,5,7,9H2,1H3,(H,14,16). The van der Waals surface area contributed by atoms with Crippen LogP contribution in [0.1, 0.15) is 5.69 Å². The molecule has 6 nitrogen and oxygen atoms in total. The molecule has 0 aliphatic rings. The smallest absolute Gasteiger partial charge is 0.206 e. The van der Waals surface area contributed by atoms with Gasteiger partial charge in [-0.25, -0.2) is 4.98 Å². The summed E-state index contributed by atoms with van der Waals surface area (Å²) >= 11 is 3.20. The van der Waals surface area contributed by atoms with Crippen LogP contribution < -0.4 is 5.32 Å². The number of hydrogen-bond acceptors (Lipinski definition) is 7. The molecule has 0 spiro atoms. The van der Waals surface area contributed by atoms with Crippen LogP contribution in [0.25, 0.3) is 5.65 Å². The highest BCUT2D eigenvalue weighted by Crippen LogP contribution is 2.27. The number of rotatable bonds is 7. The Morgan fingerprint density at radius 2 is 2.33 bits per heavy atom. The van der Waals surface area contributed by atoms with E-state index in [2.05, 4.69) is 20.5 Å². The van der Waals surface area contributed by atoms with Crippen LogP contribution in [0.3, 0.4) is 0 Å². The second-order valence-electron chi connectivity index (χ2n) is 4.28. The van der Waals surface area contributed by atoms with Crippen molar-refractivity contribution >= 4 is 33.9 Å². The van der Waals surface area contributed by atoms with Crippen molar-refractivity contribution < 1.29 is 4.74 Å². The molecular weight excluding hydrogens is 306 g/mol. The molecule has 0 saturated heterocycles. The normalized spacial score (nSPS) is 11.1. The highest BCUT2D eigenvalue weighted by atomic mass is 32.2. The SMILES string of the molecule is COCCNc1nnc(SCc2cn3ccccc3n2)s1. The monoisotopic (exact) mass is 321 g/mol. The van der Waals surface area contributed by atoms with Crippen LogP contribution in [0.2, 0.25) is 0 Å². The summed E-state index contributed by atoms with van der Waals surface area (Å²) in [5.74, 6) is 0.786. The zero-order valence-corrected chi connectivity index (χ0v) is 13.2. The van der Waals surface area contributed by atoms with Gasteiger partial charge >= 0.3 is 0 Å². The minimum Gasteiger partial charge on any atom is -0.383 e. The molecule has 0 unspecified atom stereocenters. The largest absolute Gasteiger partial charge is 0.383 e. The lowest BCUT2D eigenvalue weighted by atomic mass is 10.5. The van der Waals surface area contributed by atoms with E-state index in [1.807, 2.05) is 35.0 Å². The molecule has 21 heavy (non-hydrogen) atoms. The van der Waals surface area contributed by atoms with E-state index in [0.29, 0.717) is 6.61 Å². The number of nitrogens with zero attached hydrogens (tertiary/aromatic N) is 4. The highest BCUT2D eigenvalue weighted by molar-refractivity contribution is 8.00. The predicted molar refractivity (Wildman–Crippen MR) is 85.0 cm³/mol. The average molecular weight is 321 g/mol. The van der Waals surface area contributed by atoms with Gasteiger partial charge in [0.15, 0.2) is 4.34 Å². The number of aromatic nitrogens is 4. The number of fused-ring (bicyclic) bond motifs is 1. The maximum Gasteiger partial charge on any atom is 0.206 e. The van der Waals surface area contributed by atoms with E-state index in [9.17, 15) is 0 Å². The molecule has 0 atom stereocenters. The minimum atomic E-state index is 0.656. The molecule has 110 valence electrons. The fraction of sp³-hybridized carbons (Fsp3) is 0.308. The molecular formula is C13H15N5OS2. The Bertz CT molecular complexity index is 678. The van der Waals surface area contributed by atoms with Crippen LogP contribution in [0.5, 0.6) is 0 Å². The molecule has 0 aliphatic heterocycles. The first-order chi connectivity index (χ1) is 10.3. The van der Waals surface area contributed by atoms with Crippen molar-refractivity contribution in [3.8, 4) is 0 Å². The number of methoxy groups -OCH3 is 1. The van der Waals surface area contributed by atoms with Crippen LogP contribution in [-0.2, 0) is 10.5 Å². The van der Waals surface area contributed by atoms with Gasteiger partial charge in [-0.1, -0.05) is 29.2 Å². The summed E-state index contributed by atoms with van der Waals surface area (Å²) in [5.41, 5.74) is 2.00. The topological polar surface area (TPSA) is 64.3 Å². The van der Waals surface area contributed by atoms with Gasteiger partial charge in [0.1, 0.15) is 5.65 Å². The molecule has 0 fully saturated rings. The van der Waals surface area contributed by atoms with E-state index in [-0.39, 0.29) is 0 Å². The predicted octanol–water partition coefficient (Wildman–Crippen LogP) is 2.54. The molecule has 3 rings (SSSR count). The van der Waals surface area contributed by atoms with Crippen LogP contribution in [-0.4, -0.2) is 39.8 Å². The number of pyridine rings is 1. The van der Waals surface area contributed by atoms with E-state index >= 15 is 0 Å². The van der Waals surface area contributed by atoms with Gasteiger partial charge in [0.25, 0.3) is 0 Å². The Kier molecular flexibility index (Phi) is 4.69.